The van der Waals surface area contributed by atoms with E-state index in [1.54, 1.807) is 6.20 Å². The summed E-state index contributed by atoms with van der Waals surface area (Å²) in [6.07, 6.45) is -1.07. The molecular weight excluding hydrogens is 367 g/mol. The van der Waals surface area contributed by atoms with Crippen molar-refractivity contribution in [1.82, 2.24) is 9.88 Å². The number of benzene rings is 1. The third-order valence-corrected chi connectivity index (χ3v) is 5.82. The number of aryl methyl sites for hydroxylation is 1. The van der Waals surface area contributed by atoms with Gasteiger partial charge in [0.05, 0.1) is 18.2 Å². The van der Waals surface area contributed by atoms with Gasteiger partial charge in [0.15, 0.2) is 0 Å². The number of hydrogen-bond acceptors (Lipinski definition) is 3. The van der Waals surface area contributed by atoms with Crippen molar-refractivity contribution in [2.75, 3.05) is 18.4 Å². The lowest BCUT2D eigenvalue weighted by Crippen LogP contribution is -2.41. The van der Waals surface area contributed by atoms with Crippen molar-refractivity contribution in [2.24, 2.45) is 11.8 Å². The molecule has 28 heavy (non-hydrogen) atoms. The van der Waals surface area contributed by atoms with E-state index < -0.39 is 12.7 Å². The Morgan fingerprint density at radius 3 is 2.79 bits per heavy atom. The molecule has 4 nitrogen and oxygen atoms in total. The molecule has 2 bridgehead atoms. The lowest BCUT2D eigenvalue weighted by molar-refractivity contribution is -0.150. The highest BCUT2D eigenvalue weighted by molar-refractivity contribution is 5.94. The molecule has 2 aromatic rings. The lowest BCUT2D eigenvalue weighted by Gasteiger charge is -2.27. The first kappa shape index (κ1) is 18.9. The number of carbonyl (C=O) groups excluding carboxylic acids is 1. The molecule has 1 amide bonds. The summed E-state index contributed by atoms with van der Waals surface area (Å²) in [6, 6.07) is 10.9. The van der Waals surface area contributed by atoms with Crippen molar-refractivity contribution < 1.29 is 18.0 Å². The van der Waals surface area contributed by atoms with Gasteiger partial charge in [0.25, 0.3) is 0 Å². The number of rotatable bonds is 4. The number of piperidine rings is 1. The minimum absolute atomic E-state index is 0.00643. The van der Waals surface area contributed by atoms with Gasteiger partial charge in [0, 0.05) is 30.0 Å². The number of pyridine rings is 1. The van der Waals surface area contributed by atoms with E-state index in [2.05, 4.69) is 10.3 Å². The molecule has 1 aromatic heterocycles. The molecule has 0 unspecified atom stereocenters. The first-order valence-electron chi connectivity index (χ1n) is 9.45. The lowest BCUT2D eigenvalue weighted by atomic mass is 9.97. The Morgan fingerprint density at radius 1 is 1.25 bits per heavy atom. The molecule has 1 aliphatic carbocycles. The number of alkyl halides is 3. The van der Waals surface area contributed by atoms with Gasteiger partial charge in [-0.15, -0.1) is 0 Å². The van der Waals surface area contributed by atoms with Crippen LogP contribution in [0.25, 0.3) is 11.3 Å². The van der Waals surface area contributed by atoms with Gasteiger partial charge in [-0.2, -0.15) is 13.2 Å². The molecule has 1 N–H and O–H groups in total. The molecule has 1 saturated heterocycles. The summed E-state index contributed by atoms with van der Waals surface area (Å²) in [5, 5.41) is 2.93. The summed E-state index contributed by atoms with van der Waals surface area (Å²) in [7, 11) is 0. The van der Waals surface area contributed by atoms with E-state index in [9.17, 15) is 18.0 Å². The Morgan fingerprint density at radius 2 is 2.07 bits per heavy atom. The molecular formula is C21H22F3N3O. The zero-order chi connectivity index (χ0) is 19.9. The van der Waals surface area contributed by atoms with Crippen LogP contribution >= 0.6 is 0 Å². The van der Waals surface area contributed by atoms with E-state index in [4.69, 9.17) is 0 Å². The first-order valence-corrected chi connectivity index (χ1v) is 9.45. The highest BCUT2D eigenvalue weighted by Gasteiger charge is 2.52. The number of hydrogen-bond donors (Lipinski definition) is 1. The van der Waals surface area contributed by atoms with Crippen LogP contribution in [0, 0.1) is 18.8 Å². The van der Waals surface area contributed by atoms with E-state index in [0.29, 0.717) is 18.7 Å². The number of nitrogens with one attached hydrogen (secondary N) is 1. The van der Waals surface area contributed by atoms with Crippen LogP contribution in [0.1, 0.15) is 18.4 Å². The minimum Gasteiger partial charge on any atom is -0.326 e. The van der Waals surface area contributed by atoms with Crippen LogP contribution in [0.15, 0.2) is 42.6 Å². The second kappa shape index (κ2) is 7.20. The summed E-state index contributed by atoms with van der Waals surface area (Å²) < 4.78 is 38.4. The zero-order valence-electron chi connectivity index (χ0n) is 15.5. The van der Waals surface area contributed by atoms with Crippen LogP contribution in [-0.4, -0.2) is 41.1 Å². The van der Waals surface area contributed by atoms with Gasteiger partial charge in [-0.05, 0) is 55.5 Å². The highest BCUT2D eigenvalue weighted by atomic mass is 19.4. The molecule has 2 fully saturated rings. The van der Waals surface area contributed by atoms with Crippen LogP contribution in [-0.2, 0) is 4.79 Å². The topological polar surface area (TPSA) is 45.2 Å². The van der Waals surface area contributed by atoms with Crippen LogP contribution in [0.3, 0.4) is 0 Å². The van der Waals surface area contributed by atoms with E-state index in [-0.39, 0.29) is 23.8 Å². The maximum atomic E-state index is 12.9. The van der Waals surface area contributed by atoms with Crippen LogP contribution in [0.2, 0.25) is 0 Å². The van der Waals surface area contributed by atoms with Gasteiger partial charge in [-0.25, -0.2) is 0 Å². The fourth-order valence-corrected chi connectivity index (χ4v) is 4.63. The molecule has 0 radical (unpaired) electrons. The first-order chi connectivity index (χ1) is 13.3. The van der Waals surface area contributed by atoms with E-state index in [1.165, 1.54) is 4.90 Å². The van der Waals surface area contributed by atoms with E-state index >= 15 is 0 Å². The molecule has 1 saturated carbocycles. The zero-order valence-corrected chi connectivity index (χ0v) is 15.5. The standard InChI is InChI=1S/C21H22F3N3O/c1-13-5-7-15(10-16(13)17-4-2-3-9-25-17)26-20(28)19-14-6-8-18(19)27(11-14)12-21(22,23)24/h2-5,7,9-10,14,18-19H,6,8,11-12H2,1H3,(H,26,28)/t14-,18-,19+/m1/s1. The average molecular weight is 389 g/mol. The summed E-state index contributed by atoms with van der Waals surface area (Å²) in [4.78, 5) is 18.7. The molecule has 0 spiro atoms. The fourth-order valence-electron chi connectivity index (χ4n) is 4.63. The number of carbonyl (C=O) groups is 1. The number of halogens is 3. The number of likely N-dealkylation sites (tertiary alicyclic amines) is 1. The van der Waals surface area contributed by atoms with Gasteiger partial charge in [-0.3, -0.25) is 14.7 Å². The second-order valence-electron chi connectivity index (χ2n) is 7.71. The molecule has 4 rings (SSSR count). The maximum absolute atomic E-state index is 12.9. The smallest absolute Gasteiger partial charge is 0.326 e. The van der Waals surface area contributed by atoms with Gasteiger partial charge >= 0.3 is 6.18 Å². The van der Waals surface area contributed by atoms with Gasteiger partial charge < -0.3 is 5.32 Å². The summed E-state index contributed by atoms with van der Waals surface area (Å²) >= 11 is 0. The number of fused-ring (bicyclic) bond motifs is 2. The number of nitrogens with zero attached hydrogens (tertiary/aromatic N) is 2. The maximum Gasteiger partial charge on any atom is 0.401 e. The summed E-state index contributed by atoms with van der Waals surface area (Å²) in [5.74, 6) is -0.581. The molecule has 3 atom stereocenters. The monoisotopic (exact) mass is 389 g/mol. The predicted molar refractivity (Wildman–Crippen MR) is 101 cm³/mol. The summed E-state index contributed by atoms with van der Waals surface area (Å²) in [5.41, 5.74) is 3.42. The van der Waals surface area contributed by atoms with E-state index in [1.807, 2.05) is 43.3 Å². The van der Waals surface area contributed by atoms with Gasteiger partial charge in [-0.1, -0.05) is 12.1 Å². The van der Waals surface area contributed by atoms with Crippen molar-refractivity contribution in [3.8, 4) is 11.3 Å². The Hall–Kier alpha value is -2.41. The largest absolute Gasteiger partial charge is 0.401 e. The quantitative estimate of drug-likeness (QED) is 0.850. The Labute approximate surface area is 161 Å². The summed E-state index contributed by atoms with van der Waals surface area (Å²) in [6.45, 7) is 1.38. The molecule has 1 aromatic carbocycles. The van der Waals surface area contributed by atoms with Crippen LogP contribution in [0.4, 0.5) is 18.9 Å². The predicted octanol–water partition coefficient (Wildman–Crippen LogP) is 4.27. The molecule has 1 aliphatic heterocycles. The van der Waals surface area contributed by atoms with Gasteiger partial charge in [0.2, 0.25) is 5.91 Å². The molecule has 7 heteroatoms. The van der Waals surface area contributed by atoms with Crippen LogP contribution in [0.5, 0.6) is 0 Å². The fraction of sp³-hybridized carbons (Fsp3) is 0.429. The Kier molecular flexibility index (Phi) is 4.87. The average Bonchev–Trinajstić information content (AvgIpc) is 3.20. The van der Waals surface area contributed by atoms with E-state index in [0.717, 1.165) is 23.2 Å². The minimum atomic E-state index is -4.24. The number of aromatic nitrogens is 1. The van der Waals surface area contributed by atoms with Crippen molar-refractivity contribution in [2.45, 2.75) is 32.0 Å². The van der Waals surface area contributed by atoms with Crippen molar-refractivity contribution in [3.63, 3.8) is 0 Å². The highest BCUT2D eigenvalue weighted by Crippen LogP contribution is 2.44. The molecule has 148 valence electrons. The third-order valence-electron chi connectivity index (χ3n) is 5.82. The third kappa shape index (κ3) is 3.76. The van der Waals surface area contributed by atoms with Crippen molar-refractivity contribution >= 4 is 11.6 Å². The normalized spacial score (nSPS) is 24.5. The number of amides is 1. The van der Waals surface area contributed by atoms with Crippen molar-refractivity contribution in [1.29, 1.82) is 0 Å². The Bertz CT molecular complexity index is 869. The van der Waals surface area contributed by atoms with Crippen LogP contribution < -0.4 is 5.32 Å². The Balaban J connectivity index is 1.50. The number of anilines is 1. The SMILES string of the molecule is Cc1ccc(NC(=O)[C@H]2[C@@H]3CC[C@H]2N(CC(F)(F)F)C3)cc1-c1ccccn1. The van der Waals surface area contributed by atoms with Crippen molar-refractivity contribution in [3.05, 3.63) is 48.2 Å². The second-order valence-corrected chi connectivity index (χ2v) is 7.71. The molecule has 2 heterocycles. The van der Waals surface area contributed by atoms with Gasteiger partial charge in [0.1, 0.15) is 0 Å². The molecule has 2 aliphatic rings.